The molecule has 2 aliphatic rings. The second-order valence-electron chi connectivity index (χ2n) is 5.35. The molecule has 0 spiro atoms. The minimum absolute atomic E-state index is 0.723. The summed E-state index contributed by atoms with van der Waals surface area (Å²) in [6.45, 7) is 4.25. The van der Waals surface area contributed by atoms with Crippen LogP contribution in [0.5, 0.6) is 5.75 Å². The van der Waals surface area contributed by atoms with Crippen LogP contribution in [-0.4, -0.2) is 26.2 Å². The summed E-state index contributed by atoms with van der Waals surface area (Å²) in [5.41, 5.74) is 2.69. The van der Waals surface area contributed by atoms with Gasteiger partial charge in [-0.2, -0.15) is 0 Å². The van der Waals surface area contributed by atoms with Crippen LogP contribution >= 0.6 is 0 Å². The predicted molar refractivity (Wildman–Crippen MR) is 74.3 cm³/mol. The van der Waals surface area contributed by atoms with Gasteiger partial charge < -0.3 is 15.4 Å². The topological polar surface area (TPSA) is 33.3 Å². The molecule has 2 heterocycles. The molecule has 2 aliphatic heterocycles. The third kappa shape index (κ3) is 2.78. The lowest BCUT2D eigenvalue weighted by Crippen LogP contribution is -2.30. The molecule has 0 aliphatic carbocycles. The summed E-state index contributed by atoms with van der Waals surface area (Å²) in [5, 5.41) is 6.82. The summed E-state index contributed by atoms with van der Waals surface area (Å²) in [5.74, 6) is 1.76. The van der Waals surface area contributed by atoms with E-state index >= 15 is 0 Å². The van der Waals surface area contributed by atoms with Gasteiger partial charge in [-0.1, -0.05) is 0 Å². The molecule has 1 saturated heterocycles. The van der Waals surface area contributed by atoms with Crippen molar-refractivity contribution in [3.8, 4) is 5.75 Å². The number of benzene rings is 1. The molecule has 3 heteroatoms. The van der Waals surface area contributed by atoms with Crippen LogP contribution in [0.25, 0.3) is 0 Å². The van der Waals surface area contributed by atoms with Crippen LogP contribution in [-0.2, 0) is 6.42 Å². The monoisotopic (exact) mass is 246 g/mol. The fourth-order valence-corrected chi connectivity index (χ4v) is 2.80. The van der Waals surface area contributed by atoms with Gasteiger partial charge in [0.05, 0.1) is 6.61 Å². The Hall–Kier alpha value is -1.22. The molecule has 1 fully saturated rings. The van der Waals surface area contributed by atoms with E-state index < -0.39 is 0 Å². The van der Waals surface area contributed by atoms with E-state index in [1.54, 1.807) is 0 Å². The van der Waals surface area contributed by atoms with E-state index in [-0.39, 0.29) is 0 Å². The minimum Gasteiger partial charge on any atom is -0.493 e. The number of rotatable bonds is 3. The molecule has 98 valence electrons. The highest BCUT2D eigenvalue weighted by molar-refractivity contribution is 5.55. The molecule has 0 aromatic heterocycles. The molecular weight excluding hydrogens is 224 g/mol. The highest BCUT2D eigenvalue weighted by Gasteiger charge is 2.14. The van der Waals surface area contributed by atoms with Crippen LogP contribution in [0.4, 0.5) is 5.69 Å². The van der Waals surface area contributed by atoms with Crippen molar-refractivity contribution in [2.45, 2.75) is 25.7 Å². The molecule has 0 amide bonds. The zero-order valence-electron chi connectivity index (χ0n) is 10.9. The van der Waals surface area contributed by atoms with Crippen molar-refractivity contribution in [3.63, 3.8) is 0 Å². The first-order chi connectivity index (χ1) is 8.92. The molecule has 18 heavy (non-hydrogen) atoms. The van der Waals surface area contributed by atoms with Crippen molar-refractivity contribution in [3.05, 3.63) is 23.8 Å². The molecular formula is C15H22N2O. The summed E-state index contributed by atoms with van der Waals surface area (Å²) in [6, 6.07) is 6.47. The zero-order valence-corrected chi connectivity index (χ0v) is 10.9. The van der Waals surface area contributed by atoms with E-state index in [1.165, 1.54) is 36.9 Å². The molecule has 0 saturated carbocycles. The highest BCUT2D eigenvalue weighted by atomic mass is 16.5. The number of ether oxygens (including phenoxy) is 1. The van der Waals surface area contributed by atoms with Crippen LogP contribution in [0.3, 0.4) is 0 Å². The van der Waals surface area contributed by atoms with Crippen molar-refractivity contribution < 1.29 is 4.74 Å². The zero-order chi connectivity index (χ0) is 12.2. The van der Waals surface area contributed by atoms with Gasteiger partial charge in [0, 0.05) is 12.2 Å². The largest absolute Gasteiger partial charge is 0.493 e. The molecule has 1 aromatic carbocycles. The van der Waals surface area contributed by atoms with Crippen molar-refractivity contribution in [2.24, 2.45) is 5.92 Å². The van der Waals surface area contributed by atoms with Gasteiger partial charge in [0.15, 0.2) is 0 Å². The molecule has 0 unspecified atom stereocenters. The van der Waals surface area contributed by atoms with Gasteiger partial charge in [-0.3, -0.25) is 0 Å². The Balaban J connectivity index is 1.58. The van der Waals surface area contributed by atoms with Gasteiger partial charge in [-0.15, -0.1) is 0 Å². The van der Waals surface area contributed by atoms with Crippen molar-refractivity contribution in [2.75, 3.05) is 31.6 Å². The highest BCUT2D eigenvalue weighted by Crippen LogP contribution is 2.26. The number of hydrogen-bond donors (Lipinski definition) is 2. The average Bonchev–Trinajstić information content (AvgIpc) is 2.46. The summed E-state index contributed by atoms with van der Waals surface area (Å²) in [6.07, 6.45) is 4.89. The van der Waals surface area contributed by atoms with Crippen molar-refractivity contribution >= 4 is 5.69 Å². The number of nitrogens with one attached hydrogen (secondary N) is 2. The quantitative estimate of drug-likeness (QED) is 0.859. The van der Waals surface area contributed by atoms with Crippen LogP contribution < -0.4 is 15.4 Å². The van der Waals surface area contributed by atoms with Crippen molar-refractivity contribution in [1.82, 2.24) is 5.32 Å². The Morgan fingerprint density at radius 2 is 2.06 bits per heavy atom. The van der Waals surface area contributed by atoms with Gasteiger partial charge in [-0.25, -0.2) is 0 Å². The predicted octanol–water partition coefficient (Wildman–Crippen LogP) is 2.42. The Morgan fingerprint density at radius 3 is 2.94 bits per heavy atom. The number of fused-ring (bicyclic) bond motifs is 1. The first-order valence-corrected chi connectivity index (χ1v) is 7.12. The second kappa shape index (κ2) is 5.61. The maximum atomic E-state index is 5.96. The molecule has 3 nitrogen and oxygen atoms in total. The van der Waals surface area contributed by atoms with Crippen LogP contribution in [0.1, 0.15) is 24.8 Å². The van der Waals surface area contributed by atoms with Crippen molar-refractivity contribution in [1.29, 1.82) is 0 Å². The fourth-order valence-electron chi connectivity index (χ4n) is 2.80. The van der Waals surface area contributed by atoms with E-state index in [0.29, 0.717) is 0 Å². The van der Waals surface area contributed by atoms with Gasteiger partial charge in [0.25, 0.3) is 0 Å². The Bertz CT molecular complexity index is 399. The standard InChI is InChI=1S/C15H22N2O/c1-2-13-10-14(3-4-15(13)17-7-1)18-11-12-5-8-16-9-6-12/h3-4,10,12,16-17H,1-2,5-9,11H2. The third-order valence-electron chi connectivity index (χ3n) is 3.96. The molecule has 1 aromatic rings. The molecule has 3 rings (SSSR count). The SMILES string of the molecule is c1cc2c(cc1OCC1CCNCC1)CCCN2. The van der Waals surface area contributed by atoms with Crippen LogP contribution in [0.2, 0.25) is 0 Å². The number of piperidine rings is 1. The van der Waals surface area contributed by atoms with E-state index in [9.17, 15) is 0 Å². The Labute approximate surface area is 109 Å². The number of anilines is 1. The van der Waals surface area contributed by atoms with E-state index in [1.807, 2.05) is 0 Å². The van der Waals surface area contributed by atoms with E-state index in [4.69, 9.17) is 4.74 Å². The third-order valence-corrected chi connectivity index (χ3v) is 3.96. The Kier molecular flexibility index (Phi) is 3.69. The molecule has 0 radical (unpaired) electrons. The van der Waals surface area contributed by atoms with Gasteiger partial charge in [0.1, 0.15) is 5.75 Å². The second-order valence-corrected chi connectivity index (χ2v) is 5.35. The summed E-state index contributed by atoms with van der Waals surface area (Å²) >= 11 is 0. The van der Waals surface area contributed by atoms with E-state index in [2.05, 4.69) is 28.8 Å². The molecule has 0 atom stereocenters. The first-order valence-electron chi connectivity index (χ1n) is 7.12. The smallest absolute Gasteiger partial charge is 0.119 e. The minimum atomic E-state index is 0.723. The molecule has 2 N–H and O–H groups in total. The first kappa shape index (κ1) is 11.8. The normalized spacial score (nSPS) is 20.0. The lowest BCUT2D eigenvalue weighted by Gasteiger charge is -2.23. The summed E-state index contributed by atoms with van der Waals surface area (Å²) < 4.78 is 5.96. The van der Waals surface area contributed by atoms with E-state index in [0.717, 1.165) is 37.9 Å². The fraction of sp³-hybridized carbons (Fsp3) is 0.600. The van der Waals surface area contributed by atoms with Gasteiger partial charge in [-0.05, 0) is 68.5 Å². The summed E-state index contributed by atoms with van der Waals surface area (Å²) in [4.78, 5) is 0. The van der Waals surface area contributed by atoms with Gasteiger partial charge in [0.2, 0.25) is 0 Å². The number of hydrogen-bond acceptors (Lipinski definition) is 3. The number of aryl methyl sites for hydroxylation is 1. The van der Waals surface area contributed by atoms with Gasteiger partial charge >= 0.3 is 0 Å². The molecule has 0 bridgehead atoms. The average molecular weight is 246 g/mol. The Morgan fingerprint density at radius 1 is 1.17 bits per heavy atom. The van der Waals surface area contributed by atoms with Crippen LogP contribution in [0.15, 0.2) is 18.2 Å². The maximum absolute atomic E-state index is 5.96. The van der Waals surface area contributed by atoms with Crippen LogP contribution in [0, 0.1) is 5.92 Å². The lowest BCUT2D eigenvalue weighted by atomic mass is 9.99. The lowest BCUT2D eigenvalue weighted by molar-refractivity contribution is 0.215. The summed E-state index contributed by atoms with van der Waals surface area (Å²) in [7, 11) is 0. The maximum Gasteiger partial charge on any atom is 0.119 e.